The van der Waals surface area contributed by atoms with Crippen LogP contribution in [0.25, 0.3) is 0 Å². The van der Waals surface area contributed by atoms with Gasteiger partial charge in [0.15, 0.2) is 11.5 Å². The highest BCUT2D eigenvalue weighted by Crippen LogP contribution is 2.29. The van der Waals surface area contributed by atoms with Crippen molar-refractivity contribution in [2.24, 2.45) is 0 Å². The lowest BCUT2D eigenvalue weighted by atomic mass is 10.0. The normalized spacial score (nSPS) is 17.3. The maximum absolute atomic E-state index is 13.5. The number of carbonyl (C=O) groups is 1. The van der Waals surface area contributed by atoms with Crippen LogP contribution in [0.5, 0.6) is 11.5 Å². The Morgan fingerprint density at radius 3 is 2.81 bits per heavy atom. The van der Waals surface area contributed by atoms with Crippen LogP contribution < -0.4 is 9.47 Å². The molecule has 164 valence electrons. The van der Waals surface area contributed by atoms with E-state index in [1.54, 1.807) is 13.2 Å². The van der Waals surface area contributed by atoms with Gasteiger partial charge in [-0.2, -0.15) is 0 Å². The first kappa shape index (κ1) is 21.4. The van der Waals surface area contributed by atoms with E-state index in [1.807, 2.05) is 29.2 Å². The summed E-state index contributed by atoms with van der Waals surface area (Å²) in [7, 11) is 1.62. The summed E-state index contributed by atoms with van der Waals surface area (Å²) in [6.45, 7) is 5.96. The molecule has 1 fully saturated rings. The lowest BCUT2D eigenvalue weighted by Crippen LogP contribution is -2.37. The van der Waals surface area contributed by atoms with Crippen molar-refractivity contribution in [2.75, 3.05) is 26.9 Å². The van der Waals surface area contributed by atoms with Crippen LogP contribution in [0, 0.1) is 0 Å². The van der Waals surface area contributed by atoms with E-state index in [2.05, 4.69) is 18.7 Å². The van der Waals surface area contributed by atoms with Crippen molar-refractivity contribution < 1.29 is 19.0 Å². The molecule has 0 aromatic heterocycles. The number of hydrogen-bond donors (Lipinski definition) is 0. The summed E-state index contributed by atoms with van der Waals surface area (Å²) in [6.07, 6.45) is 7.18. The Balaban J connectivity index is 1.56. The van der Waals surface area contributed by atoms with Crippen LogP contribution in [0.15, 0.2) is 49.1 Å². The van der Waals surface area contributed by atoms with Crippen LogP contribution >= 0.6 is 0 Å². The molecule has 2 aliphatic rings. The fraction of sp³-hybridized carbons (Fsp3) is 0.423. The minimum Gasteiger partial charge on any atom is -0.493 e. The van der Waals surface area contributed by atoms with Gasteiger partial charge in [-0.3, -0.25) is 4.79 Å². The first-order valence-corrected chi connectivity index (χ1v) is 11.1. The second-order valence-electron chi connectivity index (χ2n) is 8.24. The monoisotopic (exact) mass is 421 g/mol. The lowest BCUT2D eigenvalue weighted by Gasteiger charge is -2.26. The van der Waals surface area contributed by atoms with Gasteiger partial charge in [0.1, 0.15) is 6.61 Å². The molecule has 1 aliphatic carbocycles. The van der Waals surface area contributed by atoms with Crippen LogP contribution in [0.2, 0.25) is 0 Å². The molecule has 1 unspecified atom stereocenters. The Kier molecular flexibility index (Phi) is 6.92. The quantitative estimate of drug-likeness (QED) is 0.557. The van der Waals surface area contributed by atoms with Crippen molar-refractivity contribution in [1.29, 1.82) is 0 Å². The van der Waals surface area contributed by atoms with E-state index in [4.69, 9.17) is 14.2 Å². The highest BCUT2D eigenvalue weighted by Gasteiger charge is 2.25. The number of nitrogens with zero attached hydrogens (tertiary/aromatic N) is 1. The Bertz CT molecular complexity index is 933. The number of ether oxygens (including phenoxy) is 3. The van der Waals surface area contributed by atoms with Gasteiger partial charge in [0.05, 0.1) is 13.2 Å². The number of fused-ring (bicyclic) bond motifs is 1. The number of amides is 1. The average molecular weight is 422 g/mol. The van der Waals surface area contributed by atoms with Crippen molar-refractivity contribution in [3.05, 3.63) is 71.3 Å². The zero-order valence-electron chi connectivity index (χ0n) is 18.3. The average Bonchev–Trinajstić information content (AvgIpc) is 3.48. The van der Waals surface area contributed by atoms with Crippen LogP contribution in [0.1, 0.15) is 46.3 Å². The van der Waals surface area contributed by atoms with E-state index in [0.717, 1.165) is 43.4 Å². The molecule has 1 atom stereocenters. The number of carbonyl (C=O) groups excluding carboxylic acids is 1. The van der Waals surface area contributed by atoms with Crippen molar-refractivity contribution in [3.8, 4) is 11.5 Å². The number of aryl methyl sites for hydroxylation is 2. The van der Waals surface area contributed by atoms with E-state index in [0.29, 0.717) is 31.2 Å². The molecule has 5 heteroatoms. The predicted octanol–water partition coefficient (Wildman–Crippen LogP) is 4.57. The maximum Gasteiger partial charge on any atom is 0.254 e. The van der Waals surface area contributed by atoms with E-state index in [1.165, 1.54) is 17.5 Å². The molecule has 0 N–H and O–H groups in total. The molecular weight excluding hydrogens is 390 g/mol. The molecule has 0 spiro atoms. The lowest BCUT2D eigenvalue weighted by molar-refractivity contribution is 0.0507. The van der Waals surface area contributed by atoms with E-state index in [9.17, 15) is 4.79 Å². The molecule has 1 heterocycles. The van der Waals surface area contributed by atoms with Gasteiger partial charge in [-0.25, -0.2) is 0 Å². The number of methoxy groups -OCH3 is 1. The Labute approximate surface area is 184 Å². The summed E-state index contributed by atoms with van der Waals surface area (Å²) in [6, 6.07) is 12.0. The van der Waals surface area contributed by atoms with Crippen LogP contribution in [0.4, 0.5) is 0 Å². The van der Waals surface area contributed by atoms with Gasteiger partial charge in [0.25, 0.3) is 5.91 Å². The van der Waals surface area contributed by atoms with Gasteiger partial charge in [-0.1, -0.05) is 24.8 Å². The van der Waals surface area contributed by atoms with Crippen molar-refractivity contribution >= 4 is 5.91 Å². The molecule has 1 aliphatic heterocycles. The zero-order valence-corrected chi connectivity index (χ0v) is 18.3. The third-order valence-electron chi connectivity index (χ3n) is 6.04. The van der Waals surface area contributed by atoms with E-state index < -0.39 is 0 Å². The van der Waals surface area contributed by atoms with Gasteiger partial charge in [0.2, 0.25) is 0 Å². The standard InChI is InChI=1S/C26H31NO4/c1-3-13-31-24-12-9-19(15-25(24)29-2)17-27(18-23-8-5-14-30-23)26(28)22-11-10-20-6-4-7-21(20)16-22/h3,9-12,15-16,23H,1,4-8,13-14,17-18H2,2H3. The molecule has 0 radical (unpaired) electrons. The molecule has 5 nitrogen and oxygen atoms in total. The summed E-state index contributed by atoms with van der Waals surface area (Å²) >= 11 is 0. The number of rotatable bonds is 9. The molecule has 2 aromatic rings. The second-order valence-corrected chi connectivity index (χ2v) is 8.24. The molecule has 1 amide bonds. The van der Waals surface area contributed by atoms with Crippen molar-refractivity contribution in [3.63, 3.8) is 0 Å². The zero-order chi connectivity index (χ0) is 21.6. The fourth-order valence-corrected chi connectivity index (χ4v) is 4.44. The summed E-state index contributed by atoms with van der Waals surface area (Å²) in [4.78, 5) is 15.4. The highest BCUT2D eigenvalue weighted by atomic mass is 16.5. The minimum atomic E-state index is 0.0520. The van der Waals surface area contributed by atoms with E-state index in [-0.39, 0.29) is 12.0 Å². The topological polar surface area (TPSA) is 48.0 Å². The minimum absolute atomic E-state index is 0.0520. The fourth-order valence-electron chi connectivity index (χ4n) is 4.44. The van der Waals surface area contributed by atoms with Crippen LogP contribution in [0.3, 0.4) is 0 Å². The van der Waals surface area contributed by atoms with Crippen molar-refractivity contribution in [1.82, 2.24) is 4.90 Å². The second kappa shape index (κ2) is 10.0. The Morgan fingerprint density at radius 2 is 2.03 bits per heavy atom. The maximum atomic E-state index is 13.5. The number of benzene rings is 2. The Morgan fingerprint density at radius 1 is 1.16 bits per heavy atom. The predicted molar refractivity (Wildman–Crippen MR) is 121 cm³/mol. The SMILES string of the molecule is C=CCOc1ccc(CN(CC2CCCO2)C(=O)c2ccc3c(c2)CCC3)cc1OC. The molecule has 0 bridgehead atoms. The van der Waals surface area contributed by atoms with E-state index >= 15 is 0 Å². The van der Waals surface area contributed by atoms with Gasteiger partial charge in [0, 0.05) is 25.3 Å². The summed E-state index contributed by atoms with van der Waals surface area (Å²) < 4.78 is 17.0. The third kappa shape index (κ3) is 5.10. The molecular formula is C26H31NO4. The molecule has 1 saturated heterocycles. The molecule has 2 aromatic carbocycles. The van der Waals surface area contributed by atoms with Gasteiger partial charge in [-0.05, 0) is 73.1 Å². The first-order valence-electron chi connectivity index (χ1n) is 11.1. The first-order chi connectivity index (χ1) is 15.2. The van der Waals surface area contributed by atoms with Crippen molar-refractivity contribution in [2.45, 2.75) is 44.8 Å². The van der Waals surface area contributed by atoms with Crippen LogP contribution in [-0.4, -0.2) is 43.8 Å². The highest BCUT2D eigenvalue weighted by molar-refractivity contribution is 5.94. The van der Waals surface area contributed by atoms with Gasteiger partial charge >= 0.3 is 0 Å². The third-order valence-corrected chi connectivity index (χ3v) is 6.04. The summed E-state index contributed by atoms with van der Waals surface area (Å²) in [5, 5.41) is 0. The smallest absolute Gasteiger partial charge is 0.254 e. The van der Waals surface area contributed by atoms with Crippen LogP contribution in [-0.2, 0) is 24.1 Å². The molecule has 4 rings (SSSR count). The molecule has 31 heavy (non-hydrogen) atoms. The van der Waals surface area contributed by atoms with Gasteiger partial charge in [-0.15, -0.1) is 0 Å². The van der Waals surface area contributed by atoms with Gasteiger partial charge < -0.3 is 19.1 Å². The Hall–Kier alpha value is -2.79. The summed E-state index contributed by atoms with van der Waals surface area (Å²) in [5.74, 6) is 1.37. The number of hydrogen-bond acceptors (Lipinski definition) is 4. The largest absolute Gasteiger partial charge is 0.493 e. The molecule has 0 saturated carbocycles. The summed E-state index contributed by atoms with van der Waals surface area (Å²) in [5.41, 5.74) is 4.45.